The van der Waals surface area contributed by atoms with Gasteiger partial charge >= 0.3 is 0 Å². The summed E-state index contributed by atoms with van der Waals surface area (Å²) >= 11 is 9.21. The van der Waals surface area contributed by atoms with Crippen molar-refractivity contribution in [3.8, 4) is 5.75 Å². The molecule has 6 heteroatoms. The number of hydrogen-bond acceptors (Lipinski definition) is 2. The van der Waals surface area contributed by atoms with Crippen molar-refractivity contribution in [3.05, 3.63) is 57.7 Å². The van der Waals surface area contributed by atoms with Gasteiger partial charge in [-0.1, -0.05) is 23.7 Å². The smallest absolute Gasteiger partial charge is 0.164 e. The van der Waals surface area contributed by atoms with Crippen LogP contribution in [0.1, 0.15) is 5.56 Å². The van der Waals surface area contributed by atoms with Gasteiger partial charge in [0, 0.05) is 12.7 Å². The Kier molecular flexibility index (Phi) is 3.87. The van der Waals surface area contributed by atoms with Crippen LogP contribution in [0.15, 0.2) is 41.1 Å². The highest BCUT2D eigenvalue weighted by Crippen LogP contribution is 2.30. The third-order valence-electron chi connectivity index (χ3n) is 3.29. The van der Waals surface area contributed by atoms with Crippen molar-refractivity contribution in [1.82, 2.24) is 9.55 Å². The van der Waals surface area contributed by atoms with E-state index < -0.39 is 0 Å². The Bertz CT molecular complexity index is 802. The number of fused-ring (bicyclic) bond motifs is 1. The van der Waals surface area contributed by atoms with Crippen molar-refractivity contribution in [1.29, 1.82) is 0 Å². The Balaban J connectivity index is 2.06. The number of rotatable bonds is 3. The minimum absolute atomic E-state index is 0.331. The zero-order chi connectivity index (χ0) is 15.0. The molecule has 108 valence electrons. The van der Waals surface area contributed by atoms with Crippen LogP contribution in [0.2, 0.25) is 5.15 Å². The van der Waals surface area contributed by atoms with Gasteiger partial charge in [-0.3, -0.25) is 0 Å². The molecule has 2 heterocycles. The highest BCUT2D eigenvalue weighted by atomic mass is 79.9. The largest absolute Gasteiger partial charge is 0.497 e. The van der Waals surface area contributed by atoms with Crippen molar-refractivity contribution < 1.29 is 9.13 Å². The predicted octanol–water partition coefficient (Wildman–Crippen LogP) is 4.65. The fourth-order valence-corrected chi connectivity index (χ4v) is 2.90. The molecule has 21 heavy (non-hydrogen) atoms. The fraction of sp³-hybridized carbons (Fsp3) is 0.133. The third kappa shape index (κ3) is 2.63. The molecule has 1 aromatic carbocycles. The van der Waals surface area contributed by atoms with Gasteiger partial charge in [0.05, 0.1) is 18.0 Å². The molecule has 0 N–H and O–H groups in total. The number of nitrogens with zero attached hydrogens (tertiary/aromatic N) is 2. The second-order valence-electron chi connectivity index (χ2n) is 4.56. The summed E-state index contributed by atoms with van der Waals surface area (Å²) in [4.78, 5) is 3.93. The summed E-state index contributed by atoms with van der Waals surface area (Å²) in [5, 5.41) is 0.781. The van der Waals surface area contributed by atoms with Gasteiger partial charge in [-0.2, -0.15) is 0 Å². The molecule has 3 aromatic rings. The van der Waals surface area contributed by atoms with E-state index in [2.05, 4.69) is 20.9 Å². The number of methoxy groups -OCH3 is 1. The average Bonchev–Trinajstić information content (AvgIpc) is 2.73. The molecule has 2 aromatic heterocycles. The van der Waals surface area contributed by atoms with E-state index in [-0.39, 0.29) is 5.82 Å². The molecule has 0 saturated heterocycles. The molecule has 0 radical (unpaired) electrons. The van der Waals surface area contributed by atoms with Gasteiger partial charge in [0.25, 0.3) is 0 Å². The van der Waals surface area contributed by atoms with E-state index in [4.69, 9.17) is 16.3 Å². The van der Waals surface area contributed by atoms with Crippen LogP contribution in [0.4, 0.5) is 4.39 Å². The van der Waals surface area contributed by atoms with Crippen LogP contribution in [0.5, 0.6) is 5.75 Å². The summed E-state index contributed by atoms with van der Waals surface area (Å²) in [6.45, 7) is 0.519. The van der Waals surface area contributed by atoms with E-state index in [1.165, 1.54) is 6.20 Å². The van der Waals surface area contributed by atoms with Crippen LogP contribution in [0.25, 0.3) is 10.9 Å². The maximum absolute atomic E-state index is 14.2. The van der Waals surface area contributed by atoms with Crippen molar-refractivity contribution in [2.45, 2.75) is 6.54 Å². The molecule has 0 fully saturated rings. The highest BCUT2D eigenvalue weighted by molar-refractivity contribution is 9.10. The van der Waals surface area contributed by atoms with E-state index in [9.17, 15) is 4.39 Å². The van der Waals surface area contributed by atoms with E-state index in [1.54, 1.807) is 13.2 Å². The Labute approximate surface area is 134 Å². The number of halogens is 3. The highest BCUT2D eigenvalue weighted by Gasteiger charge is 2.16. The first-order valence-corrected chi connectivity index (χ1v) is 7.39. The lowest BCUT2D eigenvalue weighted by Crippen LogP contribution is -2.00. The van der Waals surface area contributed by atoms with Gasteiger partial charge in [-0.05, 0) is 39.7 Å². The monoisotopic (exact) mass is 368 g/mol. The standard InChI is InChI=1S/C15H11BrClFN2O/c1-21-10-4-2-9(3-5-10)8-20-12-6-13(17)19-7-11(12)14(18)15(20)16/h2-7H,8H2,1H3. The molecule has 0 aliphatic heterocycles. The number of ether oxygens (including phenoxy) is 1. The van der Waals surface area contributed by atoms with Crippen molar-refractivity contribution in [2.75, 3.05) is 7.11 Å². The zero-order valence-electron chi connectivity index (χ0n) is 11.1. The molecule has 3 rings (SSSR count). The number of pyridine rings is 1. The predicted molar refractivity (Wildman–Crippen MR) is 84.5 cm³/mol. The first-order valence-electron chi connectivity index (χ1n) is 6.22. The van der Waals surface area contributed by atoms with Gasteiger partial charge in [0.2, 0.25) is 0 Å². The van der Waals surface area contributed by atoms with Crippen LogP contribution in [0.3, 0.4) is 0 Å². The fourth-order valence-electron chi connectivity index (χ4n) is 2.22. The van der Waals surface area contributed by atoms with Crippen LogP contribution < -0.4 is 4.74 Å². The average molecular weight is 370 g/mol. The second-order valence-corrected chi connectivity index (χ2v) is 5.70. The van der Waals surface area contributed by atoms with Gasteiger partial charge < -0.3 is 9.30 Å². The molecule has 3 nitrogen and oxygen atoms in total. The van der Waals surface area contributed by atoms with Gasteiger partial charge in [0.15, 0.2) is 5.82 Å². The quantitative estimate of drug-likeness (QED) is 0.629. The molecule has 0 atom stereocenters. The maximum atomic E-state index is 14.2. The number of hydrogen-bond donors (Lipinski definition) is 0. The topological polar surface area (TPSA) is 27.1 Å². The Morgan fingerprint density at radius 2 is 2.05 bits per heavy atom. The molecule has 0 spiro atoms. The molecule has 0 saturated carbocycles. The molecule has 0 aliphatic rings. The molecular weight excluding hydrogens is 359 g/mol. The second kappa shape index (κ2) is 5.66. The molecule has 0 unspecified atom stereocenters. The summed E-state index contributed by atoms with van der Waals surface area (Å²) in [5.74, 6) is 0.455. The van der Waals surface area contributed by atoms with Gasteiger partial charge in [0.1, 0.15) is 15.5 Å². The normalized spacial score (nSPS) is 11.0. The number of benzene rings is 1. The van der Waals surface area contributed by atoms with Crippen molar-refractivity contribution in [2.24, 2.45) is 0 Å². The molecular formula is C15H11BrClFN2O. The first-order chi connectivity index (χ1) is 10.1. The van der Waals surface area contributed by atoms with Crippen LogP contribution in [0, 0.1) is 5.82 Å². The van der Waals surface area contributed by atoms with Crippen LogP contribution in [-0.2, 0) is 6.54 Å². The number of aromatic nitrogens is 2. The maximum Gasteiger partial charge on any atom is 0.164 e. The van der Waals surface area contributed by atoms with E-state index in [0.29, 0.717) is 27.2 Å². The van der Waals surface area contributed by atoms with E-state index in [0.717, 1.165) is 11.3 Å². The molecule has 0 bridgehead atoms. The minimum atomic E-state index is -0.331. The summed E-state index contributed by atoms with van der Waals surface area (Å²) < 4.78 is 21.5. The van der Waals surface area contributed by atoms with Gasteiger partial charge in [-0.15, -0.1) is 0 Å². The minimum Gasteiger partial charge on any atom is -0.497 e. The third-order valence-corrected chi connectivity index (χ3v) is 4.28. The summed E-state index contributed by atoms with van der Waals surface area (Å²) in [6, 6.07) is 9.30. The van der Waals surface area contributed by atoms with Crippen molar-refractivity contribution >= 4 is 38.4 Å². The van der Waals surface area contributed by atoms with E-state index >= 15 is 0 Å². The summed E-state index contributed by atoms with van der Waals surface area (Å²) in [6.07, 6.45) is 1.45. The Hall–Kier alpha value is -1.59. The lowest BCUT2D eigenvalue weighted by atomic mass is 10.2. The van der Waals surface area contributed by atoms with Crippen LogP contribution in [-0.4, -0.2) is 16.7 Å². The molecule has 0 aliphatic carbocycles. The Morgan fingerprint density at radius 3 is 2.71 bits per heavy atom. The van der Waals surface area contributed by atoms with Crippen molar-refractivity contribution in [3.63, 3.8) is 0 Å². The SMILES string of the molecule is COc1ccc(Cn2c(Br)c(F)c3cnc(Cl)cc32)cc1. The Morgan fingerprint density at radius 1 is 1.33 bits per heavy atom. The summed E-state index contributed by atoms with van der Waals surface area (Å²) in [5.41, 5.74) is 1.73. The molecule has 0 amide bonds. The van der Waals surface area contributed by atoms with Gasteiger partial charge in [-0.25, -0.2) is 9.37 Å². The van der Waals surface area contributed by atoms with E-state index in [1.807, 2.05) is 28.8 Å². The lowest BCUT2D eigenvalue weighted by Gasteiger charge is -2.08. The first kappa shape index (κ1) is 14.4. The zero-order valence-corrected chi connectivity index (χ0v) is 13.4. The lowest BCUT2D eigenvalue weighted by molar-refractivity contribution is 0.414. The van der Waals surface area contributed by atoms with Crippen LogP contribution >= 0.6 is 27.5 Å². The summed E-state index contributed by atoms with van der Waals surface area (Å²) in [7, 11) is 1.62.